The smallest absolute Gasteiger partial charge is 0.306 e. The number of phenolic OH excluding ortho intramolecular Hbond substituents is 2. The van der Waals surface area contributed by atoms with Crippen molar-refractivity contribution in [2.45, 2.75) is 25.4 Å². The second kappa shape index (κ2) is 8.52. The van der Waals surface area contributed by atoms with Gasteiger partial charge < -0.3 is 25.2 Å². The third-order valence-corrected chi connectivity index (χ3v) is 3.95. The number of ether oxygens (including phenoxy) is 1. The first-order valence-corrected chi connectivity index (χ1v) is 7.83. The molecule has 24 heavy (non-hydrogen) atoms. The monoisotopic (exact) mass is 334 g/mol. The number of carbonyl (C=O) groups is 1. The molecule has 1 aliphatic carbocycles. The van der Waals surface area contributed by atoms with E-state index in [-0.39, 0.29) is 37.1 Å². The van der Waals surface area contributed by atoms with Crippen molar-refractivity contribution in [3.8, 4) is 11.5 Å². The fourth-order valence-corrected chi connectivity index (χ4v) is 2.69. The summed E-state index contributed by atoms with van der Waals surface area (Å²) < 4.78 is 5.19. The van der Waals surface area contributed by atoms with Gasteiger partial charge in [-0.2, -0.15) is 0 Å². The van der Waals surface area contributed by atoms with Crippen LogP contribution in [0.15, 0.2) is 42.0 Å². The van der Waals surface area contributed by atoms with E-state index in [9.17, 15) is 20.1 Å². The van der Waals surface area contributed by atoms with E-state index in [1.54, 1.807) is 6.07 Å². The van der Waals surface area contributed by atoms with Gasteiger partial charge in [0.15, 0.2) is 11.5 Å². The summed E-state index contributed by atoms with van der Waals surface area (Å²) >= 11 is 0. The molecule has 130 valence electrons. The Morgan fingerprint density at radius 3 is 2.79 bits per heavy atom. The van der Waals surface area contributed by atoms with Crippen LogP contribution in [-0.2, 0) is 16.0 Å². The van der Waals surface area contributed by atoms with E-state index in [4.69, 9.17) is 9.84 Å². The topological polar surface area (TPSA) is 107 Å². The van der Waals surface area contributed by atoms with Crippen LogP contribution in [0.25, 0.3) is 0 Å². The lowest BCUT2D eigenvalue weighted by Gasteiger charge is -2.24. The maximum atomic E-state index is 12.0. The zero-order chi connectivity index (χ0) is 17.5. The summed E-state index contributed by atoms with van der Waals surface area (Å²) in [5.74, 6) is -1.07. The minimum Gasteiger partial charge on any atom is -0.504 e. The molecule has 2 atom stereocenters. The van der Waals surface area contributed by atoms with Gasteiger partial charge in [-0.05, 0) is 29.7 Å². The van der Waals surface area contributed by atoms with Gasteiger partial charge in [-0.1, -0.05) is 24.3 Å². The molecule has 6 nitrogen and oxygen atoms in total. The van der Waals surface area contributed by atoms with Crippen molar-refractivity contribution in [2.75, 3.05) is 13.2 Å². The Kier molecular flexibility index (Phi) is 6.40. The number of carbonyl (C=O) groups excluding carboxylic acids is 1. The van der Waals surface area contributed by atoms with E-state index in [0.717, 1.165) is 5.56 Å². The Hall–Kier alpha value is -2.31. The maximum Gasteiger partial charge on any atom is 0.306 e. The van der Waals surface area contributed by atoms with Gasteiger partial charge in [0, 0.05) is 12.3 Å². The molecule has 0 saturated heterocycles. The van der Waals surface area contributed by atoms with Gasteiger partial charge in [0.2, 0.25) is 0 Å². The van der Waals surface area contributed by atoms with Crippen LogP contribution in [0.1, 0.15) is 18.4 Å². The summed E-state index contributed by atoms with van der Waals surface area (Å²) in [6.07, 6.45) is 5.50. The summed E-state index contributed by atoms with van der Waals surface area (Å²) in [6, 6.07) is 4.45. The Morgan fingerprint density at radius 1 is 1.29 bits per heavy atom. The van der Waals surface area contributed by atoms with E-state index < -0.39 is 12.1 Å². The third kappa shape index (κ3) is 4.84. The molecule has 0 unspecified atom stereocenters. The van der Waals surface area contributed by atoms with Crippen LogP contribution in [0.4, 0.5) is 0 Å². The number of allylic oxidation sites excluding steroid dienone is 1. The molecule has 4 N–H and O–H groups in total. The molecular weight excluding hydrogens is 312 g/mol. The fourth-order valence-electron chi connectivity index (χ4n) is 2.69. The summed E-state index contributed by atoms with van der Waals surface area (Å²) in [5.41, 5.74) is 1.38. The molecule has 0 heterocycles. The van der Waals surface area contributed by atoms with Gasteiger partial charge in [0.1, 0.15) is 0 Å². The van der Waals surface area contributed by atoms with Crippen molar-refractivity contribution in [3.05, 3.63) is 47.6 Å². The summed E-state index contributed by atoms with van der Waals surface area (Å²) in [7, 11) is 0. The molecule has 0 aromatic heterocycles. The quantitative estimate of drug-likeness (QED) is 0.356. The Morgan fingerprint density at radius 2 is 2.08 bits per heavy atom. The lowest BCUT2D eigenvalue weighted by molar-refractivity contribution is -0.144. The zero-order valence-electron chi connectivity index (χ0n) is 13.3. The van der Waals surface area contributed by atoms with E-state index >= 15 is 0 Å². The summed E-state index contributed by atoms with van der Waals surface area (Å²) in [4.78, 5) is 12.0. The van der Waals surface area contributed by atoms with Crippen LogP contribution in [0.3, 0.4) is 0 Å². The van der Waals surface area contributed by atoms with Crippen LogP contribution in [0.2, 0.25) is 0 Å². The fraction of sp³-hybridized carbons (Fsp3) is 0.389. The second-order valence-electron chi connectivity index (χ2n) is 5.67. The second-order valence-corrected chi connectivity index (χ2v) is 5.67. The largest absolute Gasteiger partial charge is 0.504 e. The van der Waals surface area contributed by atoms with Gasteiger partial charge in [-0.25, -0.2) is 0 Å². The van der Waals surface area contributed by atoms with Gasteiger partial charge in [-0.3, -0.25) is 4.79 Å². The minimum atomic E-state index is -0.681. The molecule has 0 aliphatic heterocycles. The van der Waals surface area contributed by atoms with Crippen molar-refractivity contribution in [3.63, 3.8) is 0 Å². The molecule has 0 fully saturated rings. The van der Waals surface area contributed by atoms with Crippen LogP contribution in [0, 0.1) is 5.92 Å². The predicted molar refractivity (Wildman–Crippen MR) is 87.5 cm³/mol. The summed E-state index contributed by atoms with van der Waals surface area (Å²) in [5, 5.41) is 37.6. The van der Waals surface area contributed by atoms with Gasteiger partial charge in [-0.15, -0.1) is 0 Å². The number of esters is 1. The average molecular weight is 334 g/mol. The molecule has 0 radical (unpaired) electrons. The van der Waals surface area contributed by atoms with Crippen molar-refractivity contribution < 1.29 is 30.0 Å². The number of rotatable bonds is 6. The van der Waals surface area contributed by atoms with Gasteiger partial charge in [0.25, 0.3) is 0 Å². The standard InChI is InChI=1S/C18H22O6/c19-8-6-14-13(2-1-3-15(14)20)11-18(23)24-9-7-12-4-5-16(21)17(22)10-12/h1-2,4-6,10,13,15,19-22H,3,7-9,11H2/b14-6-/t13-,15-/m0/s1. The molecule has 6 heteroatoms. The first-order valence-electron chi connectivity index (χ1n) is 7.83. The number of benzene rings is 1. The van der Waals surface area contributed by atoms with Gasteiger partial charge >= 0.3 is 5.97 Å². The summed E-state index contributed by atoms with van der Waals surface area (Å²) in [6.45, 7) is -0.0305. The molecule has 0 saturated carbocycles. The predicted octanol–water partition coefficient (Wildman–Crippen LogP) is 1.43. The van der Waals surface area contributed by atoms with Crippen molar-refractivity contribution in [1.29, 1.82) is 0 Å². The number of aliphatic hydroxyl groups excluding tert-OH is 2. The molecule has 0 amide bonds. The lowest BCUT2D eigenvalue weighted by Crippen LogP contribution is -2.23. The van der Waals surface area contributed by atoms with Crippen LogP contribution in [0.5, 0.6) is 11.5 Å². The third-order valence-electron chi connectivity index (χ3n) is 3.95. The van der Waals surface area contributed by atoms with Crippen molar-refractivity contribution >= 4 is 5.97 Å². The van der Waals surface area contributed by atoms with E-state index in [1.807, 2.05) is 12.2 Å². The lowest BCUT2D eigenvalue weighted by atomic mass is 9.85. The Balaban J connectivity index is 1.84. The van der Waals surface area contributed by atoms with Crippen LogP contribution >= 0.6 is 0 Å². The Bertz CT molecular complexity index is 634. The molecule has 1 aliphatic rings. The molecule has 0 spiro atoms. The molecular formula is C18H22O6. The number of phenols is 2. The first kappa shape index (κ1) is 18.0. The van der Waals surface area contributed by atoms with Crippen LogP contribution < -0.4 is 0 Å². The zero-order valence-corrected chi connectivity index (χ0v) is 13.3. The van der Waals surface area contributed by atoms with Crippen molar-refractivity contribution in [1.82, 2.24) is 0 Å². The highest BCUT2D eigenvalue weighted by Gasteiger charge is 2.24. The number of hydrogen-bond donors (Lipinski definition) is 4. The van der Waals surface area contributed by atoms with E-state index in [2.05, 4.69) is 0 Å². The normalized spacial score (nSPS) is 21.8. The highest BCUT2D eigenvalue weighted by molar-refractivity contribution is 5.70. The SMILES string of the molecule is O=C(C[C@@H]1C=CC[C@H](O)/C1=C\CO)OCCc1ccc(O)c(O)c1. The van der Waals surface area contributed by atoms with E-state index in [0.29, 0.717) is 18.4 Å². The Labute approximate surface area is 140 Å². The first-order chi connectivity index (χ1) is 11.5. The van der Waals surface area contributed by atoms with Gasteiger partial charge in [0.05, 0.1) is 25.7 Å². The van der Waals surface area contributed by atoms with Crippen molar-refractivity contribution in [2.24, 2.45) is 5.92 Å². The molecule has 0 bridgehead atoms. The number of hydrogen-bond acceptors (Lipinski definition) is 6. The highest BCUT2D eigenvalue weighted by atomic mass is 16.5. The molecule has 1 aromatic carbocycles. The number of aromatic hydroxyl groups is 2. The number of aliphatic hydroxyl groups is 2. The minimum absolute atomic E-state index is 0.0974. The molecule has 1 aromatic rings. The van der Waals surface area contributed by atoms with Crippen LogP contribution in [-0.4, -0.2) is 45.7 Å². The average Bonchev–Trinajstić information content (AvgIpc) is 2.54. The van der Waals surface area contributed by atoms with E-state index in [1.165, 1.54) is 18.2 Å². The molecule has 2 rings (SSSR count). The maximum absolute atomic E-state index is 12.0. The highest BCUT2D eigenvalue weighted by Crippen LogP contribution is 2.28.